The van der Waals surface area contributed by atoms with Crippen LogP contribution in [0.2, 0.25) is 0 Å². The first kappa shape index (κ1) is 25.9. The second-order valence-electron chi connectivity index (χ2n) is 8.25. The van der Waals surface area contributed by atoms with Crippen molar-refractivity contribution >= 4 is 15.9 Å². The van der Waals surface area contributed by atoms with E-state index in [4.69, 9.17) is 14.2 Å². The summed E-state index contributed by atoms with van der Waals surface area (Å²) in [6, 6.07) is 26.6. The average Bonchev–Trinajstić information content (AvgIpc) is 2.88. The van der Waals surface area contributed by atoms with Crippen LogP contribution in [0.1, 0.15) is 48.8 Å². The lowest BCUT2D eigenvalue weighted by atomic mass is 10.1. The van der Waals surface area contributed by atoms with E-state index in [2.05, 4.69) is 58.4 Å². The summed E-state index contributed by atoms with van der Waals surface area (Å²) in [6.45, 7) is 1.86. The van der Waals surface area contributed by atoms with Crippen LogP contribution >= 0.6 is 15.9 Å². The summed E-state index contributed by atoms with van der Waals surface area (Å²) in [4.78, 5) is 0. The zero-order valence-electron chi connectivity index (χ0n) is 19.8. The van der Waals surface area contributed by atoms with Gasteiger partial charge in [0.25, 0.3) is 0 Å². The second kappa shape index (κ2) is 16.0. The third kappa shape index (κ3) is 10.5. The Morgan fingerprint density at radius 2 is 1.24 bits per heavy atom. The highest BCUT2D eigenvalue weighted by molar-refractivity contribution is 9.09. The fourth-order valence-corrected chi connectivity index (χ4v) is 3.91. The minimum absolute atomic E-state index is 0.534. The fraction of sp³-hybridized carbons (Fsp3) is 0.333. The number of aryl methyl sites for hydroxylation is 1. The van der Waals surface area contributed by atoms with Gasteiger partial charge in [0.05, 0.1) is 12.9 Å². The molecule has 3 nitrogen and oxygen atoms in total. The number of unbranched alkanes of at least 4 members (excludes halogenated alkanes) is 3. The van der Waals surface area contributed by atoms with Crippen LogP contribution in [0.15, 0.2) is 91.2 Å². The van der Waals surface area contributed by atoms with Gasteiger partial charge in [-0.2, -0.15) is 0 Å². The van der Waals surface area contributed by atoms with Crippen LogP contribution in [0.4, 0.5) is 0 Å². The predicted octanol–water partition coefficient (Wildman–Crippen LogP) is 8.26. The molecule has 4 heteroatoms. The van der Waals surface area contributed by atoms with Gasteiger partial charge in [0, 0.05) is 11.4 Å². The standard InChI is InChI=1S/C30H35BrO3/c31-18-10-1-2-11-19-32-20-12-9-17-28-21-29(33-24-26-13-5-3-6-14-26)23-30(22-28)34-25-27-15-7-4-8-16-27/h3-8,12-16,20-23H,1-2,9-11,17-19,24-25H2. The van der Waals surface area contributed by atoms with E-state index in [9.17, 15) is 0 Å². The Morgan fingerprint density at radius 1 is 0.647 bits per heavy atom. The SMILES string of the molecule is BrCCCCCCOC=CCCc1cc(OCc2ccccc2)cc(OCc2ccccc2)c1. The van der Waals surface area contributed by atoms with Gasteiger partial charge in [0.15, 0.2) is 0 Å². The van der Waals surface area contributed by atoms with Crippen LogP contribution in [0.25, 0.3) is 0 Å². The quantitative estimate of drug-likeness (QED) is 0.107. The Hall–Kier alpha value is -2.72. The number of benzene rings is 3. The van der Waals surface area contributed by atoms with Gasteiger partial charge in [0.1, 0.15) is 24.7 Å². The number of alkyl halides is 1. The third-order valence-corrected chi connectivity index (χ3v) is 5.94. The first-order chi connectivity index (χ1) is 16.8. The molecular weight excluding hydrogens is 488 g/mol. The van der Waals surface area contributed by atoms with Crippen molar-refractivity contribution in [3.05, 3.63) is 108 Å². The van der Waals surface area contributed by atoms with Gasteiger partial charge in [-0.1, -0.05) is 89.4 Å². The Morgan fingerprint density at radius 3 is 1.82 bits per heavy atom. The van der Waals surface area contributed by atoms with Crippen LogP contribution in [0.5, 0.6) is 11.5 Å². The van der Waals surface area contributed by atoms with E-state index in [-0.39, 0.29) is 0 Å². The van der Waals surface area contributed by atoms with Crippen LogP contribution in [-0.2, 0) is 24.4 Å². The molecule has 0 spiro atoms. The first-order valence-corrected chi connectivity index (χ1v) is 13.3. The largest absolute Gasteiger partial charge is 0.502 e. The van der Waals surface area contributed by atoms with Crippen LogP contribution in [0, 0.1) is 0 Å². The molecule has 180 valence electrons. The number of rotatable bonds is 16. The smallest absolute Gasteiger partial charge is 0.123 e. The van der Waals surface area contributed by atoms with Crippen molar-refractivity contribution in [2.24, 2.45) is 0 Å². The van der Waals surface area contributed by atoms with Crippen LogP contribution in [0.3, 0.4) is 0 Å². The van der Waals surface area contributed by atoms with Crippen molar-refractivity contribution in [2.45, 2.75) is 51.7 Å². The van der Waals surface area contributed by atoms with Gasteiger partial charge in [-0.05, 0) is 60.6 Å². The van der Waals surface area contributed by atoms with Gasteiger partial charge in [-0.15, -0.1) is 0 Å². The van der Waals surface area contributed by atoms with Crippen LogP contribution < -0.4 is 9.47 Å². The minimum atomic E-state index is 0.534. The van der Waals surface area contributed by atoms with Crippen molar-refractivity contribution in [2.75, 3.05) is 11.9 Å². The van der Waals surface area contributed by atoms with E-state index in [1.54, 1.807) is 0 Å². The van der Waals surface area contributed by atoms with E-state index >= 15 is 0 Å². The van der Waals surface area contributed by atoms with Crippen molar-refractivity contribution in [1.29, 1.82) is 0 Å². The number of allylic oxidation sites excluding steroid dienone is 1. The number of hydrogen-bond donors (Lipinski definition) is 0. The molecule has 0 unspecified atom stereocenters. The van der Waals surface area contributed by atoms with Gasteiger partial charge < -0.3 is 14.2 Å². The number of halogens is 1. The molecule has 0 aromatic heterocycles. The van der Waals surface area contributed by atoms with E-state index in [0.29, 0.717) is 13.2 Å². The summed E-state index contributed by atoms with van der Waals surface area (Å²) in [7, 11) is 0. The Bertz CT molecular complexity index is 896. The van der Waals surface area contributed by atoms with Crippen molar-refractivity contribution in [3.63, 3.8) is 0 Å². The molecule has 0 aliphatic rings. The summed E-state index contributed by atoms with van der Waals surface area (Å²) in [5, 5.41) is 1.09. The molecule has 0 fully saturated rings. The molecule has 34 heavy (non-hydrogen) atoms. The minimum Gasteiger partial charge on any atom is -0.502 e. The molecule has 3 aromatic rings. The second-order valence-corrected chi connectivity index (χ2v) is 9.04. The molecule has 0 aliphatic carbocycles. The van der Waals surface area contributed by atoms with Gasteiger partial charge in [-0.3, -0.25) is 0 Å². The normalized spacial score (nSPS) is 11.0. The lowest BCUT2D eigenvalue weighted by Crippen LogP contribution is -1.99. The highest BCUT2D eigenvalue weighted by atomic mass is 79.9. The average molecular weight is 524 g/mol. The summed E-state index contributed by atoms with van der Waals surface area (Å²) >= 11 is 3.47. The van der Waals surface area contributed by atoms with Crippen molar-refractivity contribution < 1.29 is 14.2 Å². The summed E-state index contributed by atoms with van der Waals surface area (Å²) in [5.41, 5.74) is 3.48. The molecular formula is C30H35BrO3. The molecule has 0 N–H and O–H groups in total. The van der Waals surface area contributed by atoms with Gasteiger partial charge >= 0.3 is 0 Å². The molecule has 0 bridgehead atoms. The molecule has 0 saturated carbocycles. The summed E-state index contributed by atoms with van der Waals surface area (Å²) < 4.78 is 17.8. The molecule has 0 amide bonds. The topological polar surface area (TPSA) is 27.7 Å². The first-order valence-electron chi connectivity index (χ1n) is 12.1. The Labute approximate surface area is 212 Å². The van der Waals surface area contributed by atoms with Crippen molar-refractivity contribution in [1.82, 2.24) is 0 Å². The molecule has 3 rings (SSSR count). The van der Waals surface area contributed by atoms with E-state index in [0.717, 1.165) is 53.8 Å². The zero-order valence-corrected chi connectivity index (χ0v) is 21.4. The molecule has 0 radical (unpaired) electrons. The molecule has 0 atom stereocenters. The summed E-state index contributed by atoms with van der Waals surface area (Å²) in [5.74, 6) is 1.65. The fourth-order valence-electron chi connectivity index (χ4n) is 3.51. The molecule has 0 heterocycles. The Balaban J connectivity index is 1.52. The maximum atomic E-state index is 6.10. The molecule has 0 aliphatic heterocycles. The number of ether oxygens (including phenoxy) is 3. The number of hydrogen-bond acceptors (Lipinski definition) is 3. The van der Waals surface area contributed by atoms with Gasteiger partial charge in [0.2, 0.25) is 0 Å². The monoisotopic (exact) mass is 522 g/mol. The zero-order chi connectivity index (χ0) is 23.7. The maximum Gasteiger partial charge on any atom is 0.123 e. The predicted molar refractivity (Wildman–Crippen MR) is 144 cm³/mol. The molecule has 0 saturated heterocycles. The summed E-state index contributed by atoms with van der Waals surface area (Å²) in [6.07, 6.45) is 10.6. The van der Waals surface area contributed by atoms with Crippen molar-refractivity contribution in [3.8, 4) is 11.5 Å². The highest BCUT2D eigenvalue weighted by Crippen LogP contribution is 2.26. The van der Waals surface area contributed by atoms with E-state index in [1.807, 2.05) is 48.7 Å². The lowest BCUT2D eigenvalue weighted by Gasteiger charge is -2.13. The molecule has 3 aromatic carbocycles. The lowest BCUT2D eigenvalue weighted by molar-refractivity contribution is 0.240. The van der Waals surface area contributed by atoms with E-state index < -0.39 is 0 Å². The van der Waals surface area contributed by atoms with Gasteiger partial charge in [-0.25, -0.2) is 0 Å². The van der Waals surface area contributed by atoms with Crippen LogP contribution in [-0.4, -0.2) is 11.9 Å². The highest BCUT2D eigenvalue weighted by Gasteiger charge is 2.05. The van der Waals surface area contributed by atoms with E-state index in [1.165, 1.54) is 24.8 Å². The third-order valence-electron chi connectivity index (χ3n) is 5.37. The Kier molecular flexibility index (Phi) is 12.2. The maximum absolute atomic E-state index is 6.10.